The zero-order valence-electron chi connectivity index (χ0n) is 13.4. The Morgan fingerprint density at radius 3 is 1.79 bits per heavy atom. The zero-order valence-corrected chi connectivity index (χ0v) is 14.2. The smallest absolute Gasteiger partial charge is 0.0786 e. The Morgan fingerprint density at radius 2 is 1.16 bits per heavy atom. The molecule has 0 aromatic rings. The van der Waals surface area contributed by atoms with E-state index >= 15 is 0 Å². The van der Waals surface area contributed by atoms with Crippen LogP contribution in [0.5, 0.6) is 0 Å². The molecule has 1 fully saturated rings. The minimum Gasteiger partial charge on any atom is -1.00 e. The molecule has 0 amide bonds. The highest BCUT2D eigenvalue weighted by Gasteiger charge is 2.28. The summed E-state index contributed by atoms with van der Waals surface area (Å²) >= 11 is 0. The Balaban J connectivity index is 0.00000324. The van der Waals surface area contributed by atoms with Gasteiger partial charge in [0.05, 0.1) is 26.2 Å². The summed E-state index contributed by atoms with van der Waals surface area (Å²) in [4.78, 5) is 0. The quantitative estimate of drug-likeness (QED) is 0.427. The van der Waals surface area contributed by atoms with Gasteiger partial charge in [-0.25, -0.2) is 0 Å². The third kappa shape index (κ3) is 8.19. The van der Waals surface area contributed by atoms with Crippen LogP contribution < -0.4 is 12.4 Å². The molecule has 0 saturated carbocycles. The van der Waals surface area contributed by atoms with Crippen LogP contribution in [0.15, 0.2) is 0 Å². The zero-order chi connectivity index (χ0) is 13.1. The van der Waals surface area contributed by atoms with E-state index in [9.17, 15) is 0 Å². The van der Waals surface area contributed by atoms with E-state index in [0.717, 1.165) is 0 Å². The molecule has 0 aliphatic carbocycles. The monoisotopic (exact) mass is 289 g/mol. The topological polar surface area (TPSA) is 0 Å². The van der Waals surface area contributed by atoms with Gasteiger partial charge in [-0.05, 0) is 38.5 Å². The van der Waals surface area contributed by atoms with Gasteiger partial charge >= 0.3 is 0 Å². The second-order valence-corrected chi connectivity index (χ2v) is 6.42. The van der Waals surface area contributed by atoms with Gasteiger partial charge in [0.2, 0.25) is 0 Å². The summed E-state index contributed by atoms with van der Waals surface area (Å²) in [6.45, 7) is 10.5. The molecule has 0 N–H and O–H groups in total. The molecule has 0 atom stereocenters. The van der Waals surface area contributed by atoms with Gasteiger partial charge in [0, 0.05) is 0 Å². The normalized spacial score (nSPS) is 18.0. The number of halogens is 1. The van der Waals surface area contributed by atoms with Crippen LogP contribution in [0.25, 0.3) is 0 Å². The van der Waals surface area contributed by atoms with E-state index in [4.69, 9.17) is 0 Å². The van der Waals surface area contributed by atoms with Crippen molar-refractivity contribution in [3.63, 3.8) is 0 Å². The molecular weight excluding hydrogens is 254 g/mol. The second-order valence-electron chi connectivity index (χ2n) is 6.42. The van der Waals surface area contributed by atoms with Crippen molar-refractivity contribution in [3.8, 4) is 0 Å². The summed E-state index contributed by atoms with van der Waals surface area (Å²) in [7, 11) is 0. The molecule has 1 heterocycles. The van der Waals surface area contributed by atoms with E-state index in [2.05, 4.69) is 13.8 Å². The van der Waals surface area contributed by atoms with Crippen molar-refractivity contribution in [1.82, 2.24) is 0 Å². The number of unbranched alkanes of at least 4 members (excludes halogenated alkanes) is 6. The lowest BCUT2D eigenvalue weighted by molar-refractivity contribution is -0.932. The molecule has 1 aliphatic rings. The number of hydrogen-bond donors (Lipinski definition) is 0. The van der Waals surface area contributed by atoms with E-state index in [1.165, 1.54) is 101 Å². The standard InChI is InChI=1S/C17H36N.ClH/c1-3-5-7-8-9-11-15-18(14-6-4-2)16-12-10-13-17-18;/h3-17H2,1-2H3;1H/q+1;/p-1. The van der Waals surface area contributed by atoms with Gasteiger partial charge in [0.15, 0.2) is 0 Å². The number of piperidine rings is 1. The van der Waals surface area contributed by atoms with Gasteiger partial charge in [-0.3, -0.25) is 0 Å². The maximum absolute atomic E-state index is 2.34. The highest BCUT2D eigenvalue weighted by molar-refractivity contribution is 4.56. The molecule has 116 valence electrons. The fourth-order valence-electron chi connectivity index (χ4n) is 3.46. The van der Waals surface area contributed by atoms with Crippen LogP contribution in [0.3, 0.4) is 0 Å². The average Bonchev–Trinajstić information content (AvgIpc) is 2.42. The SMILES string of the molecule is CCCCCCCC[N+]1(CCCC)CCCCC1.[Cl-]. The average molecular weight is 290 g/mol. The van der Waals surface area contributed by atoms with Gasteiger partial charge in [-0.15, -0.1) is 0 Å². The fourth-order valence-corrected chi connectivity index (χ4v) is 3.46. The summed E-state index contributed by atoms with van der Waals surface area (Å²) in [5.74, 6) is 0. The summed E-state index contributed by atoms with van der Waals surface area (Å²) < 4.78 is 1.47. The van der Waals surface area contributed by atoms with Crippen LogP contribution in [0, 0.1) is 0 Å². The van der Waals surface area contributed by atoms with Crippen LogP contribution in [-0.4, -0.2) is 30.7 Å². The molecule has 0 aromatic carbocycles. The molecule has 1 saturated heterocycles. The molecule has 1 aliphatic heterocycles. The first-order valence-corrected chi connectivity index (χ1v) is 8.68. The summed E-state index contributed by atoms with van der Waals surface area (Å²) in [5.41, 5.74) is 0. The molecule has 2 heteroatoms. The highest BCUT2D eigenvalue weighted by Crippen LogP contribution is 2.21. The van der Waals surface area contributed by atoms with Crippen molar-refractivity contribution in [2.45, 2.75) is 84.5 Å². The van der Waals surface area contributed by atoms with E-state index in [1.54, 1.807) is 0 Å². The van der Waals surface area contributed by atoms with Crippen molar-refractivity contribution in [2.75, 3.05) is 26.2 Å². The van der Waals surface area contributed by atoms with Crippen molar-refractivity contribution < 1.29 is 16.9 Å². The fraction of sp³-hybridized carbons (Fsp3) is 1.00. The van der Waals surface area contributed by atoms with Crippen molar-refractivity contribution in [3.05, 3.63) is 0 Å². The minimum absolute atomic E-state index is 0. The minimum atomic E-state index is 0. The van der Waals surface area contributed by atoms with Crippen LogP contribution in [0.2, 0.25) is 0 Å². The lowest BCUT2D eigenvalue weighted by atomic mass is 10.0. The Labute approximate surface area is 128 Å². The summed E-state index contributed by atoms with van der Waals surface area (Å²) in [6.07, 6.45) is 16.0. The van der Waals surface area contributed by atoms with Crippen molar-refractivity contribution in [2.24, 2.45) is 0 Å². The lowest BCUT2D eigenvalue weighted by Gasteiger charge is -2.42. The largest absolute Gasteiger partial charge is 1.00 e. The van der Waals surface area contributed by atoms with Crippen molar-refractivity contribution >= 4 is 0 Å². The number of quaternary nitrogens is 1. The van der Waals surface area contributed by atoms with Gasteiger partial charge < -0.3 is 16.9 Å². The van der Waals surface area contributed by atoms with Crippen LogP contribution >= 0.6 is 0 Å². The number of nitrogens with zero attached hydrogens (tertiary/aromatic N) is 1. The molecule has 19 heavy (non-hydrogen) atoms. The van der Waals surface area contributed by atoms with E-state index in [-0.39, 0.29) is 12.4 Å². The first-order valence-electron chi connectivity index (χ1n) is 8.68. The van der Waals surface area contributed by atoms with E-state index < -0.39 is 0 Å². The van der Waals surface area contributed by atoms with Gasteiger partial charge in [0.1, 0.15) is 0 Å². The maximum Gasteiger partial charge on any atom is 0.0786 e. The van der Waals surface area contributed by atoms with Gasteiger partial charge in [-0.2, -0.15) is 0 Å². The Bertz CT molecular complexity index is 188. The molecule has 0 radical (unpaired) electrons. The first-order chi connectivity index (χ1) is 8.83. The Morgan fingerprint density at radius 1 is 0.632 bits per heavy atom. The summed E-state index contributed by atoms with van der Waals surface area (Å²) in [5, 5.41) is 0. The van der Waals surface area contributed by atoms with E-state index in [0.29, 0.717) is 0 Å². The van der Waals surface area contributed by atoms with Crippen LogP contribution in [0.1, 0.15) is 84.5 Å². The molecule has 1 rings (SSSR count). The molecule has 1 nitrogen and oxygen atoms in total. The third-order valence-corrected chi connectivity index (χ3v) is 4.74. The third-order valence-electron chi connectivity index (χ3n) is 4.74. The number of likely N-dealkylation sites (tertiary alicyclic amines) is 1. The highest BCUT2D eigenvalue weighted by atomic mass is 35.5. The van der Waals surface area contributed by atoms with Crippen molar-refractivity contribution in [1.29, 1.82) is 0 Å². The summed E-state index contributed by atoms with van der Waals surface area (Å²) in [6, 6.07) is 0. The molecular formula is C17H36ClN. The number of hydrogen-bond acceptors (Lipinski definition) is 0. The predicted molar refractivity (Wildman–Crippen MR) is 81.9 cm³/mol. The molecule has 0 bridgehead atoms. The molecule has 0 unspecified atom stereocenters. The van der Waals surface area contributed by atoms with Gasteiger partial charge in [0.25, 0.3) is 0 Å². The molecule has 0 aromatic heterocycles. The first kappa shape index (κ1) is 19.2. The lowest BCUT2D eigenvalue weighted by Crippen LogP contribution is -3.00. The van der Waals surface area contributed by atoms with E-state index in [1.807, 2.05) is 0 Å². The van der Waals surface area contributed by atoms with Crippen LogP contribution in [-0.2, 0) is 0 Å². The van der Waals surface area contributed by atoms with Crippen LogP contribution in [0.4, 0.5) is 0 Å². The second kappa shape index (κ2) is 12.0. The maximum atomic E-state index is 2.34. The Kier molecular flexibility index (Phi) is 12.2. The Hall–Kier alpha value is 0.250. The predicted octanol–water partition coefficient (Wildman–Crippen LogP) is 2.15. The number of rotatable bonds is 10. The molecule has 0 spiro atoms. The van der Waals surface area contributed by atoms with Gasteiger partial charge in [-0.1, -0.05) is 46.0 Å².